The predicted molar refractivity (Wildman–Crippen MR) is 99.4 cm³/mol. The van der Waals surface area contributed by atoms with E-state index in [-0.39, 0.29) is 11.1 Å². The average molecular weight is 382 g/mol. The van der Waals surface area contributed by atoms with Crippen LogP contribution in [0.4, 0.5) is 11.6 Å². The van der Waals surface area contributed by atoms with Crippen molar-refractivity contribution in [3.05, 3.63) is 83.2 Å². The molecule has 0 aliphatic carbocycles. The third-order valence-corrected chi connectivity index (χ3v) is 3.34. The van der Waals surface area contributed by atoms with Gasteiger partial charge in [0.25, 0.3) is 11.6 Å². The van der Waals surface area contributed by atoms with Crippen molar-refractivity contribution in [1.29, 1.82) is 0 Å². The molecule has 8 heteroatoms. The minimum atomic E-state index is -1.33. The molecule has 2 heterocycles. The zero-order chi connectivity index (χ0) is 21.1. The summed E-state index contributed by atoms with van der Waals surface area (Å²) in [5.41, 5.74) is 13.0. The Labute approximate surface area is 162 Å². The number of aryl methyl sites for hydroxylation is 2. The molecule has 0 saturated carbocycles. The quantitative estimate of drug-likeness (QED) is 0.589. The van der Waals surface area contributed by atoms with Crippen LogP contribution in [0, 0.1) is 13.8 Å². The van der Waals surface area contributed by atoms with E-state index in [1.807, 2.05) is 50.5 Å². The molecule has 0 unspecified atom stereocenters. The molecule has 6 N–H and O–H groups in total. The summed E-state index contributed by atoms with van der Waals surface area (Å²) in [6.45, 7) is 4.02. The Bertz CT molecular complexity index is 774. The van der Waals surface area contributed by atoms with E-state index in [1.165, 1.54) is 11.1 Å². The van der Waals surface area contributed by atoms with E-state index in [2.05, 4.69) is 9.97 Å². The van der Waals surface area contributed by atoms with Gasteiger partial charge in [-0.3, -0.25) is 11.5 Å². The molecule has 0 saturated heterocycles. The highest BCUT2D eigenvalue weighted by atomic mass is 16.4. The molecule has 0 amide bonds. The van der Waals surface area contributed by atoms with Crippen LogP contribution in [0.3, 0.4) is 0 Å². The Balaban J connectivity index is 0.000000217. The number of rotatable bonds is 2. The molecule has 0 fully saturated rings. The fraction of sp³-hybridized carbons (Fsp3) is 0.100. The first kappa shape index (κ1) is 22.1. The summed E-state index contributed by atoms with van der Waals surface area (Å²) >= 11 is 0. The van der Waals surface area contributed by atoms with Gasteiger partial charge in [-0.05, 0) is 48.2 Å². The number of aromatic nitrogens is 2. The summed E-state index contributed by atoms with van der Waals surface area (Å²) in [6.07, 6.45) is 3.74. The Morgan fingerprint density at radius 3 is 1.18 bits per heavy atom. The standard InChI is InChI=1S/C8H6O4.2C6H8N2/c9-7(10)5-1-2-6(4-3-5)8(11)12;2*1-5-2-3-6(7)8-4-5/h1-4H,(H,9,10)(H,11,12);2*2-4H,1H3,(H2,7,8). The van der Waals surface area contributed by atoms with E-state index < -0.39 is 11.9 Å². The fourth-order valence-electron chi connectivity index (χ4n) is 1.77. The molecule has 0 spiro atoms. The number of benzene rings is 1. The van der Waals surface area contributed by atoms with E-state index >= 15 is 0 Å². The summed E-state index contributed by atoms with van der Waals surface area (Å²) < 4.78 is 0. The van der Waals surface area contributed by atoms with Crippen LogP contribution in [0.15, 0.2) is 60.9 Å². The monoisotopic (exact) mass is 382 g/mol. The summed E-state index contributed by atoms with van der Waals surface area (Å²) in [7, 11) is 0. The van der Waals surface area contributed by atoms with Crippen molar-refractivity contribution in [3.63, 3.8) is 0 Å². The van der Waals surface area contributed by atoms with Crippen molar-refractivity contribution in [1.82, 2.24) is 0 Å². The van der Waals surface area contributed by atoms with E-state index in [9.17, 15) is 19.8 Å². The maximum atomic E-state index is 10.2. The van der Waals surface area contributed by atoms with E-state index in [1.54, 1.807) is 0 Å². The predicted octanol–water partition coefficient (Wildman–Crippen LogP) is -0.804. The third-order valence-electron chi connectivity index (χ3n) is 3.34. The lowest BCUT2D eigenvalue weighted by molar-refractivity contribution is -0.361. The molecule has 0 radical (unpaired) electrons. The number of carbonyl (C=O) groups excluding carboxylic acids is 2. The number of nitrogen functional groups attached to an aromatic ring is 2. The number of H-pyrrole nitrogens is 2. The molecular formula is C20H22N4O4. The molecule has 3 aromatic rings. The SMILES string of the molecule is Cc1ccc(N)[nH+]c1.Cc1ccc(N)[nH+]c1.O=C([O-])c1ccc(C(=O)[O-])cc1. The number of hydrogen-bond donors (Lipinski definition) is 2. The molecule has 2 aromatic heterocycles. The van der Waals surface area contributed by atoms with Crippen molar-refractivity contribution < 1.29 is 29.8 Å². The maximum absolute atomic E-state index is 10.2. The summed E-state index contributed by atoms with van der Waals surface area (Å²) in [5, 5.41) is 20.4. The highest BCUT2D eigenvalue weighted by Crippen LogP contribution is 2.02. The van der Waals surface area contributed by atoms with Gasteiger partial charge in [-0.15, -0.1) is 0 Å². The second-order valence-corrected chi connectivity index (χ2v) is 5.79. The lowest BCUT2D eigenvalue weighted by Gasteiger charge is -2.04. The van der Waals surface area contributed by atoms with Crippen LogP contribution >= 0.6 is 0 Å². The Morgan fingerprint density at radius 2 is 1.00 bits per heavy atom. The largest absolute Gasteiger partial charge is 0.545 e. The molecule has 3 rings (SSSR count). The molecule has 0 aliphatic rings. The second kappa shape index (κ2) is 10.9. The number of aromatic carboxylic acids is 2. The second-order valence-electron chi connectivity index (χ2n) is 5.79. The van der Waals surface area contributed by atoms with Gasteiger partial charge in [-0.25, -0.2) is 9.97 Å². The third kappa shape index (κ3) is 8.43. The average Bonchev–Trinajstić information content (AvgIpc) is 2.67. The van der Waals surface area contributed by atoms with Crippen molar-refractivity contribution in [2.75, 3.05) is 11.5 Å². The van der Waals surface area contributed by atoms with Gasteiger partial charge in [0.05, 0.1) is 24.3 Å². The molecule has 0 bridgehead atoms. The van der Waals surface area contributed by atoms with Crippen molar-refractivity contribution in [3.8, 4) is 0 Å². The zero-order valence-corrected chi connectivity index (χ0v) is 15.6. The number of aromatic amines is 2. The smallest absolute Gasteiger partial charge is 0.270 e. The number of pyridine rings is 2. The number of carboxylic acids is 2. The summed E-state index contributed by atoms with van der Waals surface area (Å²) in [6, 6.07) is 12.2. The lowest BCUT2D eigenvalue weighted by Crippen LogP contribution is -2.24. The first-order chi connectivity index (χ1) is 13.2. The number of carboxylic acid groups (broad SMARTS) is 2. The first-order valence-corrected chi connectivity index (χ1v) is 8.19. The Morgan fingerprint density at radius 1 is 0.679 bits per heavy atom. The highest BCUT2D eigenvalue weighted by Gasteiger charge is 1.94. The van der Waals surface area contributed by atoms with Crippen LogP contribution in [-0.4, -0.2) is 11.9 Å². The summed E-state index contributed by atoms with van der Waals surface area (Å²) in [4.78, 5) is 26.2. The number of nitrogens with two attached hydrogens (primary N) is 2. The van der Waals surface area contributed by atoms with E-state index in [0.29, 0.717) is 11.6 Å². The van der Waals surface area contributed by atoms with Crippen molar-refractivity contribution in [2.24, 2.45) is 0 Å². The topological polar surface area (TPSA) is 161 Å². The molecule has 1 aromatic carbocycles. The van der Waals surface area contributed by atoms with Gasteiger partial charge in [0.2, 0.25) is 0 Å². The van der Waals surface area contributed by atoms with Gasteiger partial charge in [0.1, 0.15) is 0 Å². The Kier molecular flexibility index (Phi) is 8.62. The zero-order valence-electron chi connectivity index (χ0n) is 15.6. The van der Waals surface area contributed by atoms with Crippen LogP contribution in [0.25, 0.3) is 0 Å². The molecule has 0 aliphatic heterocycles. The minimum Gasteiger partial charge on any atom is -0.545 e. The number of nitrogens with one attached hydrogen (secondary N) is 2. The van der Waals surface area contributed by atoms with Crippen molar-refractivity contribution >= 4 is 23.6 Å². The maximum Gasteiger partial charge on any atom is 0.270 e. The van der Waals surface area contributed by atoms with E-state index in [4.69, 9.17) is 11.5 Å². The number of carbonyl (C=O) groups is 2. The van der Waals surface area contributed by atoms with Gasteiger partial charge < -0.3 is 19.8 Å². The van der Waals surface area contributed by atoms with Gasteiger partial charge in [0, 0.05) is 12.1 Å². The van der Waals surface area contributed by atoms with Crippen LogP contribution in [0.2, 0.25) is 0 Å². The van der Waals surface area contributed by atoms with Gasteiger partial charge in [-0.2, -0.15) is 0 Å². The minimum absolute atomic E-state index is 0.0556. The number of hydrogen-bond acceptors (Lipinski definition) is 6. The first-order valence-electron chi connectivity index (χ1n) is 8.19. The lowest BCUT2D eigenvalue weighted by atomic mass is 10.1. The highest BCUT2D eigenvalue weighted by molar-refractivity contribution is 5.89. The number of anilines is 2. The van der Waals surface area contributed by atoms with Crippen LogP contribution < -0.4 is 31.6 Å². The summed E-state index contributed by atoms with van der Waals surface area (Å²) in [5.74, 6) is -1.26. The molecule has 0 atom stereocenters. The molecule has 146 valence electrons. The molecular weight excluding hydrogens is 360 g/mol. The molecule has 8 nitrogen and oxygen atoms in total. The van der Waals surface area contributed by atoms with Crippen LogP contribution in [-0.2, 0) is 0 Å². The van der Waals surface area contributed by atoms with E-state index in [0.717, 1.165) is 24.3 Å². The fourth-order valence-corrected chi connectivity index (χ4v) is 1.77. The Hall–Kier alpha value is -3.94. The van der Waals surface area contributed by atoms with Gasteiger partial charge in [0.15, 0.2) is 0 Å². The van der Waals surface area contributed by atoms with Gasteiger partial charge >= 0.3 is 0 Å². The van der Waals surface area contributed by atoms with Crippen LogP contribution in [0.5, 0.6) is 0 Å². The van der Waals surface area contributed by atoms with Gasteiger partial charge in [-0.1, -0.05) is 24.3 Å². The normalized spacial score (nSPS) is 9.21. The molecule has 28 heavy (non-hydrogen) atoms. The van der Waals surface area contributed by atoms with Crippen LogP contribution in [0.1, 0.15) is 31.8 Å². The van der Waals surface area contributed by atoms with Crippen molar-refractivity contribution in [2.45, 2.75) is 13.8 Å².